The first-order valence-corrected chi connectivity index (χ1v) is 5.58. The fraction of sp³-hybridized carbons (Fsp3) is 0. The molecule has 0 unspecified atom stereocenters. The van der Waals surface area contributed by atoms with Gasteiger partial charge in [0.15, 0.2) is 5.78 Å². The summed E-state index contributed by atoms with van der Waals surface area (Å²) >= 11 is 3.03. The van der Waals surface area contributed by atoms with Gasteiger partial charge in [0, 0.05) is 23.6 Å². The Kier molecular flexibility index (Phi) is 3.19. The van der Waals surface area contributed by atoms with Gasteiger partial charge in [-0.15, -0.1) is 0 Å². The number of benzene rings is 1. The van der Waals surface area contributed by atoms with Gasteiger partial charge in [0.2, 0.25) is 0 Å². The van der Waals surface area contributed by atoms with E-state index in [1.165, 1.54) is 30.6 Å². The van der Waals surface area contributed by atoms with Crippen LogP contribution < -0.4 is 5.73 Å². The number of nitrogens with zero attached hydrogens (tertiary/aromatic N) is 1. The van der Waals surface area contributed by atoms with E-state index < -0.39 is 5.82 Å². The molecule has 0 aliphatic rings. The normalized spacial score (nSPS) is 10.2. The van der Waals surface area contributed by atoms with Crippen LogP contribution in [0.3, 0.4) is 0 Å². The summed E-state index contributed by atoms with van der Waals surface area (Å²) in [5, 5.41) is 0. The SMILES string of the molecule is Nc1ccncc1C(=O)c1ccc(F)c(Br)c1. The molecule has 2 N–H and O–H groups in total. The molecule has 0 fully saturated rings. The summed E-state index contributed by atoms with van der Waals surface area (Å²) in [6.07, 6.45) is 2.90. The number of hydrogen-bond acceptors (Lipinski definition) is 3. The maximum absolute atomic E-state index is 13.0. The van der Waals surface area contributed by atoms with Gasteiger partial charge in [0.1, 0.15) is 5.82 Å². The number of halogens is 2. The fourth-order valence-corrected chi connectivity index (χ4v) is 1.77. The molecule has 0 amide bonds. The molecule has 86 valence electrons. The average molecular weight is 295 g/mol. The molecule has 1 aromatic carbocycles. The molecule has 0 spiro atoms. The van der Waals surface area contributed by atoms with Gasteiger partial charge in [-0.2, -0.15) is 0 Å². The highest BCUT2D eigenvalue weighted by atomic mass is 79.9. The fourth-order valence-electron chi connectivity index (χ4n) is 1.39. The zero-order valence-electron chi connectivity index (χ0n) is 8.65. The second-order valence-corrected chi connectivity index (χ2v) is 4.28. The van der Waals surface area contributed by atoms with Crippen molar-refractivity contribution in [1.82, 2.24) is 4.98 Å². The van der Waals surface area contributed by atoms with E-state index in [-0.39, 0.29) is 10.3 Å². The summed E-state index contributed by atoms with van der Waals surface area (Å²) in [5.74, 6) is -0.697. The molecule has 1 aromatic heterocycles. The molecule has 0 aliphatic carbocycles. The van der Waals surface area contributed by atoms with Crippen molar-refractivity contribution in [3.05, 3.63) is 58.1 Å². The van der Waals surface area contributed by atoms with Crippen LogP contribution in [0.2, 0.25) is 0 Å². The van der Waals surface area contributed by atoms with Gasteiger partial charge < -0.3 is 5.73 Å². The predicted octanol–water partition coefficient (Wildman–Crippen LogP) is 2.80. The van der Waals surface area contributed by atoms with Crippen molar-refractivity contribution in [2.45, 2.75) is 0 Å². The highest BCUT2D eigenvalue weighted by Gasteiger charge is 2.13. The van der Waals surface area contributed by atoms with E-state index in [1.807, 2.05) is 0 Å². The highest BCUT2D eigenvalue weighted by molar-refractivity contribution is 9.10. The minimum atomic E-state index is -0.416. The van der Waals surface area contributed by atoms with Gasteiger partial charge in [-0.1, -0.05) is 0 Å². The lowest BCUT2D eigenvalue weighted by molar-refractivity contribution is 0.103. The minimum Gasteiger partial charge on any atom is -0.398 e. The molecular formula is C12H8BrFN2O. The van der Waals surface area contributed by atoms with E-state index in [0.29, 0.717) is 16.8 Å². The number of anilines is 1. The third-order valence-corrected chi connectivity index (χ3v) is 2.89. The topological polar surface area (TPSA) is 56.0 Å². The number of carbonyl (C=O) groups excluding carboxylic acids is 1. The first-order chi connectivity index (χ1) is 8.09. The Morgan fingerprint density at radius 1 is 1.35 bits per heavy atom. The van der Waals surface area contributed by atoms with Crippen LogP contribution in [-0.2, 0) is 0 Å². The molecule has 2 rings (SSSR count). The molecular weight excluding hydrogens is 287 g/mol. The molecule has 0 radical (unpaired) electrons. The molecule has 3 nitrogen and oxygen atoms in total. The number of pyridine rings is 1. The summed E-state index contributed by atoms with van der Waals surface area (Å²) < 4.78 is 13.3. The average Bonchev–Trinajstić information content (AvgIpc) is 2.32. The standard InChI is InChI=1S/C12H8BrFN2O/c13-9-5-7(1-2-10(9)14)12(17)8-6-16-4-3-11(8)15/h1-6H,(H2,15,16). The highest BCUT2D eigenvalue weighted by Crippen LogP contribution is 2.20. The van der Waals surface area contributed by atoms with Gasteiger partial charge in [-0.05, 0) is 40.2 Å². The number of ketones is 1. The second-order valence-electron chi connectivity index (χ2n) is 3.42. The van der Waals surface area contributed by atoms with Crippen LogP contribution in [0.25, 0.3) is 0 Å². The zero-order chi connectivity index (χ0) is 12.4. The van der Waals surface area contributed by atoms with E-state index >= 15 is 0 Å². The molecule has 0 saturated heterocycles. The lowest BCUT2D eigenvalue weighted by atomic mass is 10.0. The molecule has 0 saturated carbocycles. The third kappa shape index (κ3) is 2.34. The summed E-state index contributed by atoms with van der Waals surface area (Å²) in [7, 11) is 0. The van der Waals surface area contributed by atoms with Crippen LogP contribution in [-0.4, -0.2) is 10.8 Å². The first-order valence-electron chi connectivity index (χ1n) is 4.79. The summed E-state index contributed by atoms with van der Waals surface area (Å²) in [5.41, 5.74) is 6.70. The minimum absolute atomic E-state index is 0.241. The maximum Gasteiger partial charge on any atom is 0.196 e. The van der Waals surface area contributed by atoms with Gasteiger partial charge in [0.25, 0.3) is 0 Å². The Bertz CT molecular complexity index is 586. The second kappa shape index (κ2) is 4.63. The molecule has 0 bridgehead atoms. The molecule has 0 aliphatic heterocycles. The quantitative estimate of drug-likeness (QED) is 0.867. The zero-order valence-corrected chi connectivity index (χ0v) is 10.2. The Labute approximate surface area is 106 Å². The molecule has 1 heterocycles. The number of rotatable bonds is 2. The summed E-state index contributed by atoms with van der Waals surface area (Å²) in [4.78, 5) is 15.9. The van der Waals surface area contributed by atoms with Gasteiger partial charge in [-0.25, -0.2) is 4.39 Å². The van der Waals surface area contributed by atoms with Crippen LogP contribution in [0.5, 0.6) is 0 Å². The van der Waals surface area contributed by atoms with Gasteiger partial charge in [0.05, 0.1) is 10.0 Å². The number of aromatic nitrogens is 1. The summed E-state index contributed by atoms with van der Waals surface area (Å²) in [6.45, 7) is 0. The third-order valence-electron chi connectivity index (χ3n) is 2.28. The predicted molar refractivity (Wildman–Crippen MR) is 66.2 cm³/mol. The number of nitrogens with two attached hydrogens (primary N) is 1. The Hall–Kier alpha value is -1.75. The number of nitrogen functional groups attached to an aromatic ring is 1. The van der Waals surface area contributed by atoms with Crippen LogP contribution in [0.4, 0.5) is 10.1 Å². The van der Waals surface area contributed by atoms with Crippen LogP contribution in [0.15, 0.2) is 41.1 Å². The molecule has 0 atom stereocenters. The van der Waals surface area contributed by atoms with Crippen molar-refractivity contribution in [2.75, 3.05) is 5.73 Å². The molecule has 17 heavy (non-hydrogen) atoms. The number of carbonyl (C=O) groups is 1. The van der Waals surface area contributed by atoms with E-state index in [0.717, 1.165) is 0 Å². The smallest absolute Gasteiger partial charge is 0.196 e. The largest absolute Gasteiger partial charge is 0.398 e. The van der Waals surface area contributed by atoms with Crippen molar-refractivity contribution in [1.29, 1.82) is 0 Å². The van der Waals surface area contributed by atoms with Crippen LogP contribution in [0, 0.1) is 5.82 Å². The monoisotopic (exact) mass is 294 g/mol. The van der Waals surface area contributed by atoms with E-state index in [1.54, 1.807) is 6.07 Å². The van der Waals surface area contributed by atoms with Crippen molar-refractivity contribution in [2.24, 2.45) is 0 Å². The van der Waals surface area contributed by atoms with E-state index in [2.05, 4.69) is 20.9 Å². The maximum atomic E-state index is 13.0. The van der Waals surface area contributed by atoms with Crippen molar-refractivity contribution >= 4 is 27.4 Å². The summed E-state index contributed by atoms with van der Waals surface area (Å²) in [6, 6.07) is 5.61. The Morgan fingerprint density at radius 3 is 2.76 bits per heavy atom. The van der Waals surface area contributed by atoms with Crippen LogP contribution in [0.1, 0.15) is 15.9 Å². The van der Waals surface area contributed by atoms with Gasteiger partial charge >= 0.3 is 0 Å². The first kappa shape index (κ1) is 11.7. The molecule has 5 heteroatoms. The Balaban J connectivity index is 2.44. The van der Waals surface area contributed by atoms with Crippen molar-refractivity contribution < 1.29 is 9.18 Å². The van der Waals surface area contributed by atoms with Crippen molar-refractivity contribution in [3.8, 4) is 0 Å². The number of hydrogen-bond donors (Lipinski definition) is 1. The van der Waals surface area contributed by atoms with E-state index in [4.69, 9.17) is 5.73 Å². The Morgan fingerprint density at radius 2 is 2.12 bits per heavy atom. The molecule has 2 aromatic rings. The lowest BCUT2D eigenvalue weighted by Crippen LogP contribution is -2.06. The van der Waals surface area contributed by atoms with Crippen LogP contribution >= 0.6 is 15.9 Å². The van der Waals surface area contributed by atoms with Crippen molar-refractivity contribution in [3.63, 3.8) is 0 Å². The van der Waals surface area contributed by atoms with Gasteiger partial charge in [-0.3, -0.25) is 9.78 Å². The lowest BCUT2D eigenvalue weighted by Gasteiger charge is -2.04. The van der Waals surface area contributed by atoms with E-state index in [9.17, 15) is 9.18 Å².